The number of carboxylic acids is 1. The Bertz CT molecular complexity index is 331. The first kappa shape index (κ1) is 15.3. The summed E-state index contributed by atoms with van der Waals surface area (Å²) in [5, 5.41) is 8.59. The number of aliphatic carboxylic acids is 1. The Labute approximate surface area is 99.1 Å². The molecule has 96 valence electrons. The first-order chi connectivity index (χ1) is 7.97. The molecule has 0 atom stereocenters. The van der Waals surface area contributed by atoms with E-state index in [9.17, 15) is 13.6 Å². The number of alkyl halides is 2. The molecule has 0 heterocycles. The van der Waals surface area contributed by atoms with E-state index in [1.165, 1.54) is 25.2 Å². The summed E-state index contributed by atoms with van der Waals surface area (Å²) in [4.78, 5) is 10.5. The Morgan fingerprint density at radius 3 is 2.53 bits per heavy atom. The average Bonchev–Trinajstić information content (AvgIpc) is 2.24. The van der Waals surface area contributed by atoms with E-state index in [-0.39, 0.29) is 11.3 Å². The number of carboxylic acid groups (broad SMARTS) is 1. The molecule has 5 heteroatoms. The van der Waals surface area contributed by atoms with Crippen LogP contribution < -0.4 is 0 Å². The fraction of sp³-hybridized carbons (Fsp3) is 0.417. The van der Waals surface area contributed by atoms with E-state index < -0.39 is 12.6 Å². The van der Waals surface area contributed by atoms with E-state index >= 15 is 0 Å². The zero-order valence-corrected chi connectivity index (χ0v) is 9.82. The highest BCUT2D eigenvalue weighted by Gasteiger charge is 2.04. The molecule has 0 bridgehead atoms. The van der Waals surface area contributed by atoms with Gasteiger partial charge in [-0.05, 0) is 31.6 Å². The molecule has 0 saturated heterocycles. The molecule has 0 saturated carbocycles. The summed E-state index contributed by atoms with van der Waals surface area (Å²) in [7, 11) is 0. The van der Waals surface area contributed by atoms with Crippen molar-refractivity contribution in [1.29, 1.82) is 0 Å². The highest BCUT2D eigenvalue weighted by Crippen LogP contribution is 2.09. The standard InChI is InChI=1S/C12H16F2O3/c1-3-4-5-6-10(17-12(13)14)8-7-9(2)11(15)16/h5-8,12H,3-4H2,1-2H3,(H,15,16)/b6-5+,9-7+,10-8+. The second-order valence-electron chi connectivity index (χ2n) is 3.29. The van der Waals surface area contributed by atoms with Crippen molar-refractivity contribution in [3.8, 4) is 0 Å². The lowest BCUT2D eigenvalue weighted by molar-refractivity contribution is -0.132. The number of carbonyl (C=O) groups is 1. The maximum atomic E-state index is 12.0. The van der Waals surface area contributed by atoms with E-state index in [4.69, 9.17) is 5.11 Å². The summed E-state index contributed by atoms with van der Waals surface area (Å²) in [5.74, 6) is -1.16. The summed E-state index contributed by atoms with van der Waals surface area (Å²) in [6, 6.07) is 0. The van der Waals surface area contributed by atoms with Gasteiger partial charge in [0.2, 0.25) is 0 Å². The van der Waals surface area contributed by atoms with Crippen molar-refractivity contribution >= 4 is 5.97 Å². The molecular weight excluding hydrogens is 230 g/mol. The van der Waals surface area contributed by atoms with Crippen LogP contribution in [-0.2, 0) is 9.53 Å². The molecule has 0 aromatic rings. The zero-order chi connectivity index (χ0) is 13.3. The maximum Gasteiger partial charge on any atom is 0.387 e. The van der Waals surface area contributed by atoms with Crippen LogP contribution in [0.1, 0.15) is 26.7 Å². The lowest BCUT2D eigenvalue weighted by Gasteiger charge is -2.04. The predicted octanol–water partition coefficient (Wildman–Crippen LogP) is 3.50. The van der Waals surface area contributed by atoms with Crippen LogP contribution in [0.2, 0.25) is 0 Å². The van der Waals surface area contributed by atoms with Gasteiger partial charge in [-0.3, -0.25) is 0 Å². The third kappa shape index (κ3) is 8.19. The van der Waals surface area contributed by atoms with Crippen LogP contribution in [0, 0.1) is 0 Å². The number of allylic oxidation sites excluding steroid dienone is 4. The number of hydrogen-bond donors (Lipinski definition) is 1. The molecule has 0 aliphatic heterocycles. The number of ether oxygens (including phenoxy) is 1. The summed E-state index contributed by atoms with van der Waals surface area (Å²) in [6.45, 7) is 0.399. The molecule has 17 heavy (non-hydrogen) atoms. The molecule has 0 aromatic carbocycles. The number of halogens is 2. The molecule has 0 unspecified atom stereocenters. The molecule has 0 amide bonds. The van der Waals surface area contributed by atoms with E-state index in [1.807, 2.05) is 6.92 Å². The van der Waals surface area contributed by atoms with E-state index in [0.717, 1.165) is 12.8 Å². The molecule has 0 aromatic heterocycles. The van der Waals surface area contributed by atoms with Crippen molar-refractivity contribution in [2.45, 2.75) is 33.3 Å². The molecule has 0 aliphatic carbocycles. The highest BCUT2D eigenvalue weighted by molar-refractivity contribution is 5.86. The second kappa shape index (κ2) is 8.50. The molecule has 0 fully saturated rings. The summed E-state index contributed by atoms with van der Waals surface area (Å²) < 4.78 is 28.3. The Kier molecular flexibility index (Phi) is 7.67. The van der Waals surface area contributed by atoms with Crippen LogP contribution in [0.15, 0.2) is 35.6 Å². The number of hydrogen-bond acceptors (Lipinski definition) is 2. The first-order valence-electron chi connectivity index (χ1n) is 5.20. The van der Waals surface area contributed by atoms with Crippen molar-refractivity contribution in [1.82, 2.24) is 0 Å². The minimum Gasteiger partial charge on any atom is -0.478 e. The minimum atomic E-state index is -2.92. The van der Waals surface area contributed by atoms with Gasteiger partial charge in [-0.1, -0.05) is 19.4 Å². The third-order valence-electron chi connectivity index (χ3n) is 1.80. The van der Waals surface area contributed by atoms with E-state index in [1.54, 1.807) is 6.08 Å². The summed E-state index contributed by atoms with van der Waals surface area (Å²) in [5.41, 5.74) is 0.0456. The van der Waals surface area contributed by atoms with Gasteiger partial charge >= 0.3 is 12.6 Å². The predicted molar refractivity (Wildman–Crippen MR) is 60.6 cm³/mol. The Hall–Kier alpha value is -1.65. The molecule has 0 spiro atoms. The summed E-state index contributed by atoms with van der Waals surface area (Å²) >= 11 is 0. The van der Waals surface area contributed by atoms with Crippen molar-refractivity contribution < 1.29 is 23.4 Å². The molecule has 0 radical (unpaired) electrons. The van der Waals surface area contributed by atoms with E-state index in [2.05, 4.69) is 4.74 Å². The fourth-order valence-corrected chi connectivity index (χ4v) is 0.882. The molecule has 0 aliphatic rings. The number of unbranched alkanes of at least 4 members (excludes halogenated alkanes) is 1. The van der Waals surface area contributed by atoms with Gasteiger partial charge in [-0.2, -0.15) is 8.78 Å². The van der Waals surface area contributed by atoms with Gasteiger partial charge in [0.05, 0.1) is 0 Å². The molecule has 0 rings (SSSR count). The van der Waals surface area contributed by atoms with Crippen LogP contribution in [0.3, 0.4) is 0 Å². The monoisotopic (exact) mass is 246 g/mol. The first-order valence-corrected chi connectivity index (χ1v) is 5.20. The lowest BCUT2D eigenvalue weighted by atomic mass is 10.2. The van der Waals surface area contributed by atoms with Crippen molar-refractivity contribution in [2.24, 2.45) is 0 Å². The Morgan fingerprint density at radius 2 is 2.06 bits per heavy atom. The van der Waals surface area contributed by atoms with Crippen LogP contribution in [-0.4, -0.2) is 17.7 Å². The van der Waals surface area contributed by atoms with Crippen LogP contribution in [0.4, 0.5) is 8.78 Å². The summed E-state index contributed by atoms with van der Waals surface area (Å²) in [6.07, 6.45) is 7.16. The normalized spacial score (nSPS) is 13.5. The SMILES string of the molecule is CCC/C=C/C(=C\C=C(/C)C(=O)O)OC(F)F. The Balaban J connectivity index is 4.72. The number of rotatable bonds is 7. The quantitative estimate of drug-likeness (QED) is 0.425. The molecule has 1 N–H and O–H groups in total. The molecular formula is C12H16F2O3. The lowest BCUT2D eigenvalue weighted by Crippen LogP contribution is -1.98. The highest BCUT2D eigenvalue weighted by atomic mass is 19.3. The largest absolute Gasteiger partial charge is 0.478 e. The van der Waals surface area contributed by atoms with Gasteiger partial charge in [0.1, 0.15) is 5.76 Å². The van der Waals surface area contributed by atoms with Gasteiger partial charge in [0, 0.05) is 5.57 Å². The van der Waals surface area contributed by atoms with Crippen molar-refractivity contribution in [3.05, 3.63) is 35.6 Å². The van der Waals surface area contributed by atoms with Crippen LogP contribution in [0.5, 0.6) is 0 Å². The fourth-order valence-electron chi connectivity index (χ4n) is 0.882. The molecule has 3 nitrogen and oxygen atoms in total. The van der Waals surface area contributed by atoms with Gasteiger partial charge in [-0.15, -0.1) is 0 Å². The van der Waals surface area contributed by atoms with E-state index in [0.29, 0.717) is 0 Å². The zero-order valence-electron chi connectivity index (χ0n) is 9.82. The average molecular weight is 246 g/mol. The van der Waals surface area contributed by atoms with Crippen LogP contribution in [0.25, 0.3) is 0 Å². The Morgan fingerprint density at radius 1 is 1.41 bits per heavy atom. The maximum absolute atomic E-state index is 12.0. The van der Waals surface area contributed by atoms with Crippen molar-refractivity contribution in [2.75, 3.05) is 0 Å². The van der Waals surface area contributed by atoms with Gasteiger partial charge in [-0.25, -0.2) is 4.79 Å². The van der Waals surface area contributed by atoms with Gasteiger partial charge in [0.25, 0.3) is 0 Å². The van der Waals surface area contributed by atoms with Crippen LogP contribution >= 0.6 is 0 Å². The topological polar surface area (TPSA) is 46.5 Å². The van der Waals surface area contributed by atoms with Crippen molar-refractivity contribution in [3.63, 3.8) is 0 Å². The third-order valence-corrected chi connectivity index (χ3v) is 1.80. The smallest absolute Gasteiger partial charge is 0.387 e. The minimum absolute atomic E-state index is 0.0456. The second-order valence-corrected chi connectivity index (χ2v) is 3.29. The van der Waals surface area contributed by atoms with Gasteiger partial charge in [0.15, 0.2) is 0 Å². The van der Waals surface area contributed by atoms with Gasteiger partial charge < -0.3 is 9.84 Å².